The second kappa shape index (κ2) is 9.96. The van der Waals surface area contributed by atoms with Gasteiger partial charge in [-0.05, 0) is 67.7 Å². The van der Waals surface area contributed by atoms with Crippen molar-refractivity contribution in [2.24, 2.45) is 0 Å². The molecule has 2 saturated heterocycles. The van der Waals surface area contributed by atoms with E-state index in [1.165, 1.54) is 18.4 Å². The average Bonchev–Trinajstić information content (AvgIpc) is 3.47. The van der Waals surface area contributed by atoms with Crippen LogP contribution in [0.5, 0.6) is 5.75 Å². The van der Waals surface area contributed by atoms with E-state index in [4.69, 9.17) is 4.74 Å². The Morgan fingerprint density at radius 2 is 1.84 bits per heavy atom. The number of carbonyl (C=O) groups is 2. The molecular weight excluding hydrogens is 390 g/mol. The number of carbonyl (C=O) groups excluding carboxylic acids is 2. The Balaban J connectivity index is 1.42. The molecule has 0 bridgehead atoms. The minimum Gasteiger partial charge on any atom is -0.497 e. The smallest absolute Gasteiger partial charge is 0.251 e. The van der Waals surface area contributed by atoms with E-state index in [-0.39, 0.29) is 17.9 Å². The van der Waals surface area contributed by atoms with Gasteiger partial charge in [0.1, 0.15) is 5.75 Å². The lowest BCUT2D eigenvalue weighted by Crippen LogP contribution is -2.36. The number of benzene rings is 2. The largest absolute Gasteiger partial charge is 0.497 e. The second-order valence-electron chi connectivity index (χ2n) is 8.36. The van der Waals surface area contributed by atoms with E-state index in [1.54, 1.807) is 7.11 Å². The Morgan fingerprint density at radius 1 is 1.06 bits per heavy atom. The van der Waals surface area contributed by atoms with Gasteiger partial charge in [-0.2, -0.15) is 0 Å². The van der Waals surface area contributed by atoms with Crippen LogP contribution in [0.15, 0.2) is 48.5 Å². The van der Waals surface area contributed by atoms with Crippen LogP contribution in [0.4, 0.5) is 0 Å². The maximum absolute atomic E-state index is 12.9. The SMILES string of the molecule is COc1ccc(C(CNC(=O)c2cccc(CN3CCCC3=O)c2)N2CCCC2)cc1. The Kier molecular flexibility index (Phi) is 6.87. The summed E-state index contributed by atoms with van der Waals surface area (Å²) in [5.41, 5.74) is 2.82. The van der Waals surface area contributed by atoms with Crippen molar-refractivity contribution < 1.29 is 14.3 Å². The zero-order valence-electron chi connectivity index (χ0n) is 18.2. The zero-order chi connectivity index (χ0) is 21.6. The third-order valence-corrected chi connectivity index (χ3v) is 6.27. The predicted molar refractivity (Wildman–Crippen MR) is 120 cm³/mol. The molecule has 2 amide bonds. The number of likely N-dealkylation sites (tertiary alicyclic amines) is 2. The van der Waals surface area contributed by atoms with Crippen LogP contribution in [0.25, 0.3) is 0 Å². The molecule has 0 radical (unpaired) electrons. The Morgan fingerprint density at radius 3 is 2.52 bits per heavy atom. The fourth-order valence-corrected chi connectivity index (χ4v) is 4.53. The summed E-state index contributed by atoms with van der Waals surface area (Å²) in [6.07, 6.45) is 3.93. The van der Waals surface area contributed by atoms with Crippen molar-refractivity contribution in [1.82, 2.24) is 15.1 Å². The van der Waals surface area contributed by atoms with Crippen molar-refractivity contribution in [2.45, 2.75) is 38.3 Å². The molecule has 0 spiro atoms. The van der Waals surface area contributed by atoms with Gasteiger partial charge in [0.25, 0.3) is 5.91 Å². The molecule has 31 heavy (non-hydrogen) atoms. The first kappa shape index (κ1) is 21.4. The number of ether oxygens (including phenoxy) is 1. The molecule has 6 heteroatoms. The molecular formula is C25H31N3O3. The first-order valence-electron chi connectivity index (χ1n) is 11.2. The van der Waals surface area contributed by atoms with E-state index in [1.807, 2.05) is 41.3 Å². The minimum atomic E-state index is -0.0766. The standard InChI is InChI=1S/C25H31N3O3/c1-31-22-11-9-20(10-12-22)23(27-13-2-3-14-27)17-26-25(30)21-7-4-6-19(16-21)18-28-15-5-8-24(28)29/h4,6-7,9-12,16,23H,2-3,5,8,13-15,17-18H2,1H3,(H,26,30). The van der Waals surface area contributed by atoms with E-state index in [0.29, 0.717) is 25.1 Å². The summed E-state index contributed by atoms with van der Waals surface area (Å²) in [5.74, 6) is 0.955. The number of methoxy groups -OCH3 is 1. The fraction of sp³-hybridized carbons (Fsp3) is 0.440. The van der Waals surface area contributed by atoms with Crippen LogP contribution < -0.4 is 10.1 Å². The van der Waals surface area contributed by atoms with Gasteiger partial charge in [-0.25, -0.2) is 0 Å². The molecule has 4 rings (SSSR count). The lowest BCUT2D eigenvalue weighted by atomic mass is 10.0. The fourth-order valence-electron chi connectivity index (χ4n) is 4.53. The average molecular weight is 422 g/mol. The van der Waals surface area contributed by atoms with Gasteiger partial charge < -0.3 is 15.0 Å². The van der Waals surface area contributed by atoms with Crippen molar-refractivity contribution in [3.63, 3.8) is 0 Å². The van der Waals surface area contributed by atoms with E-state index in [2.05, 4.69) is 22.3 Å². The normalized spacial score (nSPS) is 17.7. The minimum absolute atomic E-state index is 0.0766. The zero-order valence-corrected chi connectivity index (χ0v) is 18.2. The molecule has 6 nitrogen and oxygen atoms in total. The number of hydrogen-bond donors (Lipinski definition) is 1. The highest BCUT2D eigenvalue weighted by Gasteiger charge is 2.24. The molecule has 2 fully saturated rings. The van der Waals surface area contributed by atoms with Crippen LogP contribution in [-0.4, -0.2) is 54.9 Å². The molecule has 0 aromatic heterocycles. The van der Waals surface area contributed by atoms with E-state index in [9.17, 15) is 9.59 Å². The number of nitrogens with one attached hydrogen (secondary N) is 1. The molecule has 2 heterocycles. The molecule has 1 N–H and O–H groups in total. The quantitative estimate of drug-likeness (QED) is 0.710. The highest BCUT2D eigenvalue weighted by Crippen LogP contribution is 2.26. The van der Waals surface area contributed by atoms with Crippen molar-refractivity contribution >= 4 is 11.8 Å². The lowest BCUT2D eigenvalue weighted by molar-refractivity contribution is -0.128. The summed E-state index contributed by atoms with van der Waals surface area (Å²) in [5, 5.41) is 3.14. The molecule has 2 aromatic rings. The topological polar surface area (TPSA) is 61.9 Å². The second-order valence-corrected chi connectivity index (χ2v) is 8.36. The van der Waals surface area contributed by atoms with Crippen LogP contribution in [0.1, 0.15) is 53.2 Å². The lowest BCUT2D eigenvalue weighted by Gasteiger charge is -2.28. The van der Waals surface area contributed by atoms with Crippen molar-refractivity contribution in [3.05, 3.63) is 65.2 Å². The highest BCUT2D eigenvalue weighted by molar-refractivity contribution is 5.94. The summed E-state index contributed by atoms with van der Waals surface area (Å²) >= 11 is 0. The summed E-state index contributed by atoms with van der Waals surface area (Å²) in [6.45, 7) is 4.02. The van der Waals surface area contributed by atoms with Crippen LogP contribution in [0.2, 0.25) is 0 Å². The van der Waals surface area contributed by atoms with Gasteiger partial charge in [0.05, 0.1) is 13.2 Å². The molecule has 0 saturated carbocycles. The van der Waals surface area contributed by atoms with Gasteiger partial charge in [0.2, 0.25) is 5.91 Å². The van der Waals surface area contributed by atoms with Crippen LogP contribution >= 0.6 is 0 Å². The van der Waals surface area contributed by atoms with Crippen LogP contribution in [0, 0.1) is 0 Å². The summed E-state index contributed by atoms with van der Waals surface area (Å²) in [6, 6.07) is 15.9. The molecule has 164 valence electrons. The molecule has 1 atom stereocenters. The van der Waals surface area contributed by atoms with Gasteiger partial charge >= 0.3 is 0 Å². The maximum Gasteiger partial charge on any atom is 0.251 e. The maximum atomic E-state index is 12.9. The Labute approximate surface area is 184 Å². The summed E-state index contributed by atoms with van der Waals surface area (Å²) in [7, 11) is 1.67. The van der Waals surface area contributed by atoms with E-state index in [0.717, 1.165) is 37.4 Å². The first-order chi connectivity index (χ1) is 15.1. The highest BCUT2D eigenvalue weighted by atomic mass is 16.5. The third kappa shape index (κ3) is 5.25. The summed E-state index contributed by atoms with van der Waals surface area (Å²) < 4.78 is 5.29. The number of amides is 2. The molecule has 0 aliphatic carbocycles. The van der Waals surface area contributed by atoms with E-state index >= 15 is 0 Å². The Bertz CT molecular complexity index is 906. The molecule has 2 aliphatic heterocycles. The van der Waals surface area contributed by atoms with Gasteiger partial charge in [-0.15, -0.1) is 0 Å². The van der Waals surface area contributed by atoms with Crippen LogP contribution in [-0.2, 0) is 11.3 Å². The third-order valence-electron chi connectivity index (χ3n) is 6.27. The van der Waals surface area contributed by atoms with Crippen molar-refractivity contribution in [3.8, 4) is 5.75 Å². The van der Waals surface area contributed by atoms with Gasteiger partial charge in [-0.3, -0.25) is 14.5 Å². The van der Waals surface area contributed by atoms with Crippen molar-refractivity contribution in [2.75, 3.05) is 33.3 Å². The number of hydrogen-bond acceptors (Lipinski definition) is 4. The monoisotopic (exact) mass is 421 g/mol. The Hall–Kier alpha value is -2.86. The van der Waals surface area contributed by atoms with Gasteiger partial charge in [0, 0.05) is 31.6 Å². The van der Waals surface area contributed by atoms with Gasteiger partial charge in [0.15, 0.2) is 0 Å². The number of nitrogens with zero attached hydrogens (tertiary/aromatic N) is 2. The van der Waals surface area contributed by atoms with Gasteiger partial charge in [-0.1, -0.05) is 24.3 Å². The molecule has 2 aromatic carbocycles. The van der Waals surface area contributed by atoms with Crippen molar-refractivity contribution in [1.29, 1.82) is 0 Å². The molecule has 2 aliphatic rings. The first-order valence-corrected chi connectivity index (χ1v) is 11.2. The van der Waals surface area contributed by atoms with Crippen LogP contribution in [0.3, 0.4) is 0 Å². The van der Waals surface area contributed by atoms with E-state index < -0.39 is 0 Å². The molecule has 1 unspecified atom stereocenters. The number of rotatable bonds is 8. The summed E-state index contributed by atoms with van der Waals surface area (Å²) in [4.78, 5) is 29.1. The predicted octanol–water partition coefficient (Wildman–Crippen LogP) is 3.38.